The second kappa shape index (κ2) is 8.05. The van der Waals surface area contributed by atoms with Crippen molar-refractivity contribution in [3.63, 3.8) is 0 Å². The molecular weight excluding hydrogens is 274 g/mol. The Morgan fingerprint density at radius 1 is 1.25 bits per heavy atom. The fourth-order valence-corrected chi connectivity index (χ4v) is 3.49. The predicted molar refractivity (Wildman–Crippen MR) is 79.7 cm³/mol. The molecule has 0 aliphatic rings. The predicted octanol–water partition coefficient (Wildman–Crippen LogP) is 1.84. The van der Waals surface area contributed by atoms with E-state index in [0.717, 1.165) is 12.8 Å². The van der Waals surface area contributed by atoms with Gasteiger partial charge in [0.25, 0.3) is 0 Å². The summed E-state index contributed by atoms with van der Waals surface area (Å²) in [5, 5.41) is 8.76. The van der Waals surface area contributed by atoms with Crippen molar-refractivity contribution in [2.45, 2.75) is 31.6 Å². The van der Waals surface area contributed by atoms with Gasteiger partial charge in [-0.2, -0.15) is 4.31 Å². The average molecular weight is 295 g/mol. The van der Waals surface area contributed by atoms with Crippen LogP contribution in [0.5, 0.6) is 0 Å². The molecule has 1 aromatic carbocycles. The Labute approximate surface area is 121 Å². The third-order valence-corrected chi connectivity index (χ3v) is 4.95. The first-order chi connectivity index (χ1) is 9.57. The van der Waals surface area contributed by atoms with E-state index >= 15 is 0 Å². The highest BCUT2D eigenvalue weighted by Crippen LogP contribution is 2.20. The summed E-state index contributed by atoms with van der Waals surface area (Å²) in [6.07, 6.45) is 1.77. The Morgan fingerprint density at radius 2 is 1.95 bits per heavy atom. The normalized spacial score (nSPS) is 11.2. The van der Waals surface area contributed by atoms with Crippen LogP contribution in [0.1, 0.15) is 32.3 Å². The summed E-state index contributed by atoms with van der Waals surface area (Å²) in [6.45, 7) is 4.51. The molecule has 0 unspecified atom stereocenters. The second-order valence-electron chi connectivity index (χ2n) is 4.31. The summed E-state index contributed by atoms with van der Waals surface area (Å²) in [6, 6.07) is 6.64. The Morgan fingerprint density at radius 3 is 2.55 bits per heavy atom. The van der Waals surface area contributed by atoms with Gasteiger partial charge in [0.1, 0.15) is 6.61 Å². The smallest absolute Gasteiger partial charge is 0.244 e. The maximum absolute atomic E-state index is 12.6. The number of sulfonamides is 1. The summed E-state index contributed by atoms with van der Waals surface area (Å²) in [5.74, 6) is 5.20. The molecule has 0 heterocycles. The molecule has 0 aliphatic carbocycles. The van der Waals surface area contributed by atoms with Crippen molar-refractivity contribution in [1.82, 2.24) is 4.31 Å². The Hall–Kier alpha value is -1.35. The Bertz CT molecular complexity index is 585. The van der Waals surface area contributed by atoms with Crippen molar-refractivity contribution < 1.29 is 13.5 Å². The van der Waals surface area contributed by atoms with Crippen LogP contribution in [0.25, 0.3) is 0 Å². The second-order valence-corrected chi connectivity index (χ2v) is 6.21. The minimum atomic E-state index is -3.54. The van der Waals surface area contributed by atoms with Gasteiger partial charge in [0.2, 0.25) is 10.0 Å². The summed E-state index contributed by atoms with van der Waals surface area (Å²) >= 11 is 0. The van der Waals surface area contributed by atoms with Crippen molar-refractivity contribution in [1.29, 1.82) is 0 Å². The molecule has 110 valence electrons. The van der Waals surface area contributed by atoms with Gasteiger partial charge in [-0.3, -0.25) is 0 Å². The quantitative estimate of drug-likeness (QED) is 0.815. The topological polar surface area (TPSA) is 57.6 Å². The lowest BCUT2D eigenvalue weighted by molar-refractivity contribution is 0.350. The molecule has 0 fully saturated rings. The van der Waals surface area contributed by atoms with Gasteiger partial charge in [-0.05, 0) is 18.6 Å². The minimum absolute atomic E-state index is 0.207. The minimum Gasteiger partial charge on any atom is -0.384 e. The van der Waals surface area contributed by atoms with E-state index in [-0.39, 0.29) is 11.5 Å². The Balaban J connectivity index is 3.20. The molecule has 1 aromatic rings. The number of nitrogens with zero attached hydrogens (tertiary/aromatic N) is 1. The van der Waals surface area contributed by atoms with Crippen LogP contribution in [0, 0.1) is 11.8 Å². The molecule has 4 nitrogen and oxygen atoms in total. The summed E-state index contributed by atoms with van der Waals surface area (Å²) in [4.78, 5) is 0.207. The van der Waals surface area contributed by atoms with Gasteiger partial charge < -0.3 is 5.11 Å². The van der Waals surface area contributed by atoms with E-state index in [1.54, 1.807) is 24.3 Å². The summed E-state index contributed by atoms with van der Waals surface area (Å²) in [7, 11) is -3.54. The van der Waals surface area contributed by atoms with Crippen molar-refractivity contribution >= 4 is 10.0 Å². The van der Waals surface area contributed by atoms with Crippen molar-refractivity contribution in [3.8, 4) is 11.8 Å². The average Bonchev–Trinajstić information content (AvgIpc) is 2.46. The van der Waals surface area contributed by atoms with Gasteiger partial charge >= 0.3 is 0 Å². The number of benzene rings is 1. The van der Waals surface area contributed by atoms with Crippen LogP contribution in [0.15, 0.2) is 29.2 Å². The number of unbranched alkanes of at least 4 members (excludes halogenated alkanes) is 1. The number of hydrogen-bond acceptors (Lipinski definition) is 3. The van der Waals surface area contributed by atoms with E-state index in [9.17, 15) is 8.42 Å². The number of aliphatic hydroxyl groups is 1. The van der Waals surface area contributed by atoms with Crippen LogP contribution in [0.2, 0.25) is 0 Å². The van der Waals surface area contributed by atoms with Crippen molar-refractivity contribution in [3.05, 3.63) is 29.8 Å². The maximum Gasteiger partial charge on any atom is 0.244 e. The highest BCUT2D eigenvalue weighted by molar-refractivity contribution is 7.89. The highest BCUT2D eigenvalue weighted by atomic mass is 32.2. The number of hydrogen-bond donors (Lipinski definition) is 1. The number of aliphatic hydroxyl groups excluding tert-OH is 1. The lowest BCUT2D eigenvalue weighted by Crippen LogP contribution is -2.32. The molecule has 0 bridgehead atoms. The lowest BCUT2D eigenvalue weighted by atomic mass is 10.2. The van der Waals surface area contributed by atoms with Crippen LogP contribution in [0.4, 0.5) is 0 Å². The molecule has 1 rings (SSSR count). The molecule has 0 amide bonds. The van der Waals surface area contributed by atoms with Gasteiger partial charge in [0.15, 0.2) is 0 Å². The SMILES string of the molecule is CCCCN(CC)S(=O)(=O)c1ccccc1C#CCO. The standard InChI is InChI=1S/C15H21NO3S/c1-3-5-12-16(4-2)20(18,19)15-11-7-6-9-14(15)10-8-13-17/h6-7,9,11,17H,3-5,12-13H2,1-2H3. The zero-order valence-corrected chi connectivity index (χ0v) is 12.8. The van der Waals surface area contributed by atoms with Gasteiger partial charge in [-0.1, -0.05) is 44.2 Å². The van der Waals surface area contributed by atoms with Gasteiger partial charge in [-0.15, -0.1) is 0 Å². The van der Waals surface area contributed by atoms with E-state index in [4.69, 9.17) is 5.11 Å². The summed E-state index contributed by atoms with van der Waals surface area (Å²) in [5.41, 5.74) is 0.427. The molecule has 0 atom stereocenters. The zero-order valence-electron chi connectivity index (χ0n) is 12.0. The van der Waals surface area contributed by atoms with Crippen LogP contribution < -0.4 is 0 Å². The molecule has 0 saturated heterocycles. The lowest BCUT2D eigenvalue weighted by Gasteiger charge is -2.21. The monoisotopic (exact) mass is 295 g/mol. The van der Waals surface area contributed by atoms with E-state index in [0.29, 0.717) is 18.7 Å². The van der Waals surface area contributed by atoms with Crippen LogP contribution in [-0.4, -0.2) is 37.5 Å². The third-order valence-electron chi connectivity index (χ3n) is 2.92. The summed E-state index contributed by atoms with van der Waals surface area (Å²) < 4.78 is 26.8. The third kappa shape index (κ3) is 4.07. The van der Waals surface area contributed by atoms with Gasteiger partial charge in [0.05, 0.1) is 4.90 Å². The van der Waals surface area contributed by atoms with E-state index < -0.39 is 10.0 Å². The fourth-order valence-electron chi connectivity index (χ4n) is 1.85. The fraction of sp³-hybridized carbons (Fsp3) is 0.467. The molecule has 0 spiro atoms. The molecular formula is C15H21NO3S. The van der Waals surface area contributed by atoms with Crippen molar-refractivity contribution in [2.75, 3.05) is 19.7 Å². The first-order valence-corrected chi connectivity index (χ1v) is 8.20. The maximum atomic E-state index is 12.6. The van der Waals surface area contributed by atoms with Crippen LogP contribution in [-0.2, 0) is 10.0 Å². The van der Waals surface area contributed by atoms with E-state index in [1.165, 1.54) is 4.31 Å². The molecule has 1 N–H and O–H groups in total. The molecule has 5 heteroatoms. The van der Waals surface area contributed by atoms with Crippen LogP contribution >= 0.6 is 0 Å². The molecule has 0 radical (unpaired) electrons. The molecule has 20 heavy (non-hydrogen) atoms. The van der Waals surface area contributed by atoms with Crippen molar-refractivity contribution in [2.24, 2.45) is 0 Å². The number of rotatable bonds is 6. The van der Waals surface area contributed by atoms with Crippen LogP contribution in [0.3, 0.4) is 0 Å². The first-order valence-electron chi connectivity index (χ1n) is 6.76. The highest BCUT2D eigenvalue weighted by Gasteiger charge is 2.24. The largest absolute Gasteiger partial charge is 0.384 e. The van der Waals surface area contributed by atoms with E-state index in [1.807, 2.05) is 13.8 Å². The molecule has 0 aromatic heterocycles. The zero-order chi connectivity index (χ0) is 15.0. The van der Waals surface area contributed by atoms with Gasteiger partial charge in [0, 0.05) is 18.7 Å². The molecule has 0 aliphatic heterocycles. The Kier molecular flexibility index (Phi) is 6.73. The van der Waals surface area contributed by atoms with E-state index in [2.05, 4.69) is 11.8 Å². The first kappa shape index (κ1) is 16.7. The molecule has 0 saturated carbocycles. The van der Waals surface area contributed by atoms with Gasteiger partial charge in [-0.25, -0.2) is 8.42 Å².